The lowest BCUT2D eigenvalue weighted by Gasteiger charge is -2.36. The van der Waals surface area contributed by atoms with E-state index in [-0.39, 0.29) is 0 Å². The molecular weight excluding hydrogens is 250 g/mol. The highest BCUT2D eigenvalue weighted by atomic mass is 16.2. The molecule has 0 saturated carbocycles. The first-order valence-electron chi connectivity index (χ1n) is 7.76. The predicted molar refractivity (Wildman–Crippen MR) is 78.1 cm³/mol. The maximum Gasteiger partial charge on any atom is 0.223 e. The summed E-state index contributed by atoms with van der Waals surface area (Å²) >= 11 is 0. The molecule has 108 valence electrons. The summed E-state index contributed by atoms with van der Waals surface area (Å²) in [5.74, 6) is 0.799. The number of carbonyl (C=O) groups excluding carboxylic acids is 1. The molecule has 3 rings (SSSR count). The number of hydrogen-bond donors (Lipinski definition) is 0. The van der Waals surface area contributed by atoms with Crippen molar-refractivity contribution in [3.63, 3.8) is 0 Å². The number of nitrogens with zero attached hydrogens (tertiary/aromatic N) is 3. The van der Waals surface area contributed by atoms with Crippen LogP contribution in [0.5, 0.6) is 0 Å². The maximum atomic E-state index is 12.6. The van der Waals surface area contributed by atoms with E-state index in [1.54, 1.807) is 6.20 Å². The monoisotopic (exact) mass is 273 g/mol. The summed E-state index contributed by atoms with van der Waals surface area (Å²) in [4.78, 5) is 14.7. The number of allylic oxidation sites excluding steroid dienone is 2. The topological polar surface area (TPSA) is 38.1 Å². The number of piperidine rings is 1. The number of likely N-dealkylation sites (tertiary alicyclic amines) is 1. The highest BCUT2D eigenvalue weighted by molar-refractivity contribution is 5.77. The van der Waals surface area contributed by atoms with Gasteiger partial charge in [0.15, 0.2) is 0 Å². The molecule has 1 aliphatic carbocycles. The van der Waals surface area contributed by atoms with Gasteiger partial charge < -0.3 is 4.90 Å². The molecule has 2 aliphatic rings. The number of aromatic nitrogens is 2. The van der Waals surface area contributed by atoms with Crippen molar-refractivity contribution in [1.29, 1.82) is 0 Å². The van der Waals surface area contributed by atoms with Crippen LogP contribution in [-0.4, -0.2) is 33.2 Å². The summed E-state index contributed by atoms with van der Waals surface area (Å²) < 4.78 is 1.95. The lowest BCUT2D eigenvalue weighted by Crippen LogP contribution is -2.46. The fourth-order valence-electron chi connectivity index (χ4n) is 3.35. The molecule has 0 N–H and O–H groups in total. The molecular formula is C16H23N3O. The van der Waals surface area contributed by atoms with Crippen LogP contribution in [0.4, 0.5) is 0 Å². The van der Waals surface area contributed by atoms with Crippen LogP contribution in [0.2, 0.25) is 0 Å². The van der Waals surface area contributed by atoms with Gasteiger partial charge in [0.1, 0.15) is 0 Å². The van der Waals surface area contributed by atoms with Crippen molar-refractivity contribution in [2.24, 2.45) is 5.92 Å². The summed E-state index contributed by atoms with van der Waals surface area (Å²) in [5.41, 5.74) is 0. The molecule has 0 unspecified atom stereocenters. The lowest BCUT2D eigenvalue weighted by atomic mass is 9.99. The van der Waals surface area contributed by atoms with Crippen LogP contribution in [0.3, 0.4) is 0 Å². The fraction of sp³-hybridized carbons (Fsp3) is 0.625. The number of hydrogen-bond acceptors (Lipinski definition) is 2. The predicted octanol–water partition coefficient (Wildman–Crippen LogP) is 2.62. The van der Waals surface area contributed by atoms with Crippen molar-refractivity contribution < 1.29 is 4.79 Å². The van der Waals surface area contributed by atoms with E-state index in [4.69, 9.17) is 0 Å². The molecule has 0 bridgehead atoms. The van der Waals surface area contributed by atoms with Gasteiger partial charge in [0.25, 0.3) is 0 Å². The van der Waals surface area contributed by atoms with Crippen molar-refractivity contribution in [2.45, 2.75) is 51.1 Å². The van der Waals surface area contributed by atoms with Crippen LogP contribution in [0, 0.1) is 5.92 Å². The van der Waals surface area contributed by atoms with E-state index in [9.17, 15) is 4.79 Å². The van der Waals surface area contributed by atoms with Crippen LogP contribution < -0.4 is 0 Å². The zero-order valence-electron chi connectivity index (χ0n) is 11.9. The van der Waals surface area contributed by atoms with Gasteiger partial charge >= 0.3 is 0 Å². The van der Waals surface area contributed by atoms with Crippen LogP contribution in [-0.2, 0) is 11.3 Å². The average molecular weight is 273 g/mol. The molecule has 0 radical (unpaired) electrons. The first-order chi connectivity index (χ1) is 9.83. The van der Waals surface area contributed by atoms with E-state index >= 15 is 0 Å². The van der Waals surface area contributed by atoms with Crippen molar-refractivity contribution in [1.82, 2.24) is 14.7 Å². The molecule has 1 saturated heterocycles. The zero-order chi connectivity index (χ0) is 13.8. The number of rotatable bonds is 4. The highest BCUT2D eigenvalue weighted by Gasteiger charge is 2.28. The van der Waals surface area contributed by atoms with Gasteiger partial charge in [-0.15, -0.1) is 0 Å². The molecule has 4 heteroatoms. The van der Waals surface area contributed by atoms with Crippen molar-refractivity contribution in [2.75, 3.05) is 6.54 Å². The Balaban J connectivity index is 1.61. The van der Waals surface area contributed by atoms with Gasteiger partial charge in [0, 0.05) is 25.4 Å². The lowest BCUT2D eigenvalue weighted by molar-refractivity contribution is -0.136. The van der Waals surface area contributed by atoms with Gasteiger partial charge in [-0.25, -0.2) is 0 Å². The minimum Gasteiger partial charge on any atom is -0.338 e. The van der Waals surface area contributed by atoms with Gasteiger partial charge in [-0.1, -0.05) is 12.2 Å². The zero-order valence-corrected chi connectivity index (χ0v) is 11.9. The van der Waals surface area contributed by atoms with Crippen LogP contribution in [0.1, 0.15) is 38.5 Å². The van der Waals surface area contributed by atoms with Crippen molar-refractivity contribution >= 4 is 5.91 Å². The second-order valence-electron chi connectivity index (χ2n) is 5.93. The molecule has 1 fully saturated rings. The first kappa shape index (κ1) is 13.4. The number of amides is 1. The summed E-state index contributed by atoms with van der Waals surface area (Å²) in [5, 5.41) is 4.27. The highest BCUT2D eigenvalue weighted by Crippen LogP contribution is 2.25. The van der Waals surface area contributed by atoms with Gasteiger partial charge in [-0.2, -0.15) is 5.10 Å². The molecule has 4 nitrogen and oxygen atoms in total. The second kappa shape index (κ2) is 6.25. The van der Waals surface area contributed by atoms with E-state index in [0.29, 0.717) is 24.3 Å². The molecule has 1 aliphatic heterocycles. The molecule has 1 aromatic heterocycles. The molecule has 0 aromatic carbocycles. The van der Waals surface area contributed by atoms with Gasteiger partial charge in [-0.05, 0) is 44.1 Å². The Morgan fingerprint density at radius 1 is 1.30 bits per heavy atom. The Bertz CT molecular complexity index is 466. The molecule has 20 heavy (non-hydrogen) atoms. The molecule has 2 heterocycles. The standard InChI is InChI=1S/C16H23N3O/c20-16(12-14-6-1-2-7-14)19-11-4-3-8-15(19)13-18-10-5-9-17-18/h1,5-6,9-10,14-15H,2-4,7-8,11-13H2/t14-,15+/m1/s1. The van der Waals surface area contributed by atoms with Crippen LogP contribution >= 0.6 is 0 Å². The average Bonchev–Trinajstić information content (AvgIpc) is 3.13. The Hall–Kier alpha value is -1.58. The van der Waals surface area contributed by atoms with Crippen molar-refractivity contribution in [3.8, 4) is 0 Å². The van der Waals surface area contributed by atoms with Crippen molar-refractivity contribution in [3.05, 3.63) is 30.6 Å². The van der Waals surface area contributed by atoms with Crippen LogP contribution in [0.15, 0.2) is 30.6 Å². The third-order valence-corrected chi connectivity index (χ3v) is 4.45. The van der Waals surface area contributed by atoms with E-state index in [1.807, 2.05) is 16.9 Å². The van der Waals surface area contributed by atoms with Gasteiger partial charge in [0.2, 0.25) is 5.91 Å². The van der Waals surface area contributed by atoms with Crippen LogP contribution in [0.25, 0.3) is 0 Å². The SMILES string of the molecule is O=C(C[C@@H]1C=CCC1)N1CCCC[C@H]1Cn1cccn1. The molecule has 1 amide bonds. The summed E-state index contributed by atoms with van der Waals surface area (Å²) in [6, 6.07) is 2.26. The summed E-state index contributed by atoms with van der Waals surface area (Å²) in [6.45, 7) is 1.75. The summed E-state index contributed by atoms with van der Waals surface area (Å²) in [6.07, 6.45) is 14.6. The van der Waals surface area contributed by atoms with E-state index in [0.717, 1.165) is 38.8 Å². The third-order valence-electron chi connectivity index (χ3n) is 4.45. The summed E-state index contributed by atoms with van der Waals surface area (Å²) in [7, 11) is 0. The largest absolute Gasteiger partial charge is 0.338 e. The molecule has 0 spiro atoms. The van der Waals surface area contributed by atoms with E-state index < -0.39 is 0 Å². The first-order valence-corrected chi connectivity index (χ1v) is 7.76. The Labute approximate surface area is 120 Å². The Morgan fingerprint density at radius 2 is 2.25 bits per heavy atom. The Kier molecular flexibility index (Phi) is 4.19. The smallest absolute Gasteiger partial charge is 0.223 e. The molecule has 1 aromatic rings. The van der Waals surface area contributed by atoms with E-state index in [1.165, 1.54) is 6.42 Å². The minimum absolute atomic E-state index is 0.321. The minimum atomic E-state index is 0.321. The third kappa shape index (κ3) is 3.11. The fourth-order valence-corrected chi connectivity index (χ4v) is 3.35. The number of carbonyl (C=O) groups is 1. The Morgan fingerprint density at radius 3 is 3.00 bits per heavy atom. The maximum absolute atomic E-state index is 12.6. The van der Waals surface area contributed by atoms with Gasteiger partial charge in [0.05, 0.1) is 12.6 Å². The molecule has 2 atom stereocenters. The quantitative estimate of drug-likeness (QED) is 0.791. The normalized spacial score (nSPS) is 26.1. The van der Waals surface area contributed by atoms with Gasteiger partial charge in [-0.3, -0.25) is 9.48 Å². The van der Waals surface area contributed by atoms with E-state index in [2.05, 4.69) is 22.2 Å². The second-order valence-corrected chi connectivity index (χ2v) is 5.93.